The second-order valence-electron chi connectivity index (χ2n) is 23.1. The third-order valence-corrected chi connectivity index (χ3v) is 28.0. The Morgan fingerprint density at radius 1 is 0.258 bits per heavy atom. The largest absolute Gasteiger partial charge is 0.456 e. The summed E-state index contributed by atoms with van der Waals surface area (Å²) >= 11 is 0. The zero-order chi connectivity index (χ0) is 58.9. The maximum Gasteiger partial charge on any atom is 0.235 e. The topological polar surface area (TPSA) is 48.8 Å². The summed E-state index contributed by atoms with van der Waals surface area (Å²) in [6.45, 7) is 0. The normalized spacial score (nSPS) is 12.0. The van der Waals surface area contributed by atoms with E-state index in [1.54, 1.807) is 0 Å². The van der Waals surface area contributed by atoms with Gasteiger partial charge in [0.1, 0.15) is 11.2 Å². The van der Waals surface area contributed by atoms with Gasteiger partial charge in [-0.15, -0.1) is 0 Å². The molecule has 4 heterocycles. The number of hydrogen-bond acceptors (Lipinski definition) is 3. The maximum atomic E-state index is 6.44. The number of nitrogens with zero attached hydrogens (tertiary/aromatic N) is 4. The molecule has 0 aliphatic rings. The first-order valence-electron chi connectivity index (χ1n) is 30.5. The Balaban J connectivity index is 0.880. The SMILES string of the molecule is c1ccc(-c2cc(-c3ccc([Si](c4ccccc4)(c4ccccc4)c4ccc5oc6ccccc6c5c4)cc3)nc(-n3c4ccccc4c4ccc5c(c6ccccc6n5-c5cccc([Si](c6ccccc6)(c6ccccc6)c6ccccc6)c5)c43)n2)cc1. The van der Waals surface area contributed by atoms with Gasteiger partial charge in [-0.25, -0.2) is 9.97 Å². The molecule has 17 aromatic rings. The molecule has 0 aliphatic carbocycles. The average Bonchev–Trinajstić information content (AvgIpc) is 1.64. The lowest BCUT2D eigenvalue weighted by Crippen LogP contribution is -2.74. The van der Waals surface area contributed by atoms with Crippen LogP contribution < -0.4 is 41.5 Å². The van der Waals surface area contributed by atoms with Crippen molar-refractivity contribution in [2.24, 2.45) is 0 Å². The fourth-order valence-electron chi connectivity index (χ4n) is 14.6. The van der Waals surface area contributed by atoms with Gasteiger partial charge in [-0.05, 0) is 90.0 Å². The van der Waals surface area contributed by atoms with E-state index >= 15 is 0 Å². The predicted molar refractivity (Wildman–Crippen MR) is 376 cm³/mol. The van der Waals surface area contributed by atoms with Crippen molar-refractivity contribution in [1.29, 1.82) is 0 Å². The van der Waals surface area contributed by atoms with Gasteiger partial charge in [0.25, 0.3) is 0 Å². The van der Waals surface area contributed by atoms with Crippen LogP contribution in [0.4, 0.5) is 0 Å². The molecule has 4 aromatic heterocycles. The maximum absolute atomic E-state index is 6.44. The van der Waals surface area contributed by atoms with E-state index in [0.717, 1.165) is 93.8 Å². The van der Waals surface area contributed by atoms with Crippen molar-refractivity contribution in [1.82, 2.24) is 19.1 Å². The number of fused-ring (bicyclic) bond motifs is 10. The number of hydrogen-bond donors (Lipinski definition) is 0. The highest BCUT2D eigenvalue weighted by Gasteiger charge is 2.43. The standard InChI is InChI=1S/C82H56N4OSi2/c1-7-26-57(27-8-1)73-56-74(58-46-48-65(49-47-58)89(63-35-15-5-16-36-63,64-37-17-6-18-38-64)67-50-53-79-72(55-67)69-41-21-24-45-78(69)87-79)84-82(83-73)86-75-43-22-19-40-68(75)70-51-52-77-80(81(70)86)71-42-20-23-44-76(71)85(77)59-28-25-39-66(54-59)88(60-29-9-2-10-30-60,61-31-11-3-12-32-61)62-33-13-4-14-34-62/h1-56H. The van der Waals surface area contributed by atoms with E-state index in [2.05, 4.69) is 343 Å². The van der Waals surface area contributed by atoms with Crippen molar-refractivity contribution >= 4 is 123 Å². The summed E-state index contributed by atoms with van der Waals surface area (Å²) in [4.78, 5) is 11.3. The molecular formula is C82H56N4OSi2. The van der Waals surface area contributed by atoms with Crippen molar-refractivity contribution in [2.45, 2.75) is 0 Å². The molecule has 89 heavy (non-hydrogen) atoms. The molecule has 0 fully saturated rings. The van der Waals surface area contributed by atoms with Crippen molar-refractivity contribution in [3.63, 3.8) is 0 Å². The van der Waals surface area contributed by atoms with Crippen LogP contribution in [0, 0.1) is 0 Å². The van der Waals surface area contributed by atoms with Crippen molar-refractivity contribution in [3.05, 3.63) is 340 Å². The Bertz CT molecular complexity index is 5340. The molecule has 0 radical (unpaired) electrons. The molecule has 0 saturated carbocycles. The van der Waals surface area contributed by atoms with Gasteiger partial charge >= 0.3 is 0 Å². The van der Waals surface area contributed by atoms with Gasteiger partial charge in [-0.1, -0.05) is 291 Å². The van der Waals surface area contributed by atoms with Gasteiger partial charge in [-0.3, -0.25) is 4.57 Å². The van der Waals surface area contributed by atoms with Crippen LogP contribution in [0.1, 0.15) is 0 Å². The first-order chi connectivity index (χ1) is 44.1. The van der Waals surface area contributed by atoms with Crippen LogP contribution in [0.5, 0.6) is 0 Å². The van der Waals surface area contributed by atoms with Gasteiger partial charge in [0, 0.05) is 49.1 Å². The fraction of sp³-hybridized carbons (Fsp3) is 0. The van der Waals surface area contributed by atoms with Gasteiger partial charge in [0.05, 0.1) is 33.5 Å². The second kappa shape index (κ2) is 21.3. The molecule has 5 nitrogen and oxygen atoms in total. The predicted octanol–water partition coefficient (Wildman–Crippen LogP) is 14.7. The van der Waals surface area contributed by atoms with E-state index in [-0.39, 0.29) is 0 Å². The molecule has 7 heteroatoms. The molecule has 0 spiro atoms. The zero-order valence-electron chi connectivity index (χ0n) is 48.5. The average molecular weight is 1170 g/mol. The zero-order valence-corrected chi connectivity index (χ0v) is 50.5. The Hall–Kier alpha value is -11.2. The summed E-state index contributed by atoms with van der Waals surface area (Å²) in [5, 5.41) is 17.3. The molecule has 0 amide bonds. The number of aromatic nitrogens is 4. The van der Waals surface area contributed by atoms with Gasteiger partial charge in [0.15, 0.2) is 16.1 Å². The number of furan rings is 1. The summed E-state index contributed by atoms with van der Waals surface area (Å²) in [6, 6.07) is 125. The summed E-state index contributed by atoms with van der Waals surface area (Å²) in [6.07, 6.45) is 0. The number of rotatable bonds is 12. The minimum absolute atomic E-state index is 0.602. The van der Waals surface area contributed by atoms with Gasteiger partial charge < -0.3 is 8.98 Å². The van der Waals surface area contributed by atoms with E-state index in [4.69, 9.17) is 14.4 Å². The van der Waals surface area contributed by atoms with Crippen molar-refractivity contribution in [2.75, 3.05) is 0 Å². The Morgan fingerprint density at radius 2 is 0.685 bits per heavy atom. The summed E-state index contributed by atoms with van der Waals surface area (Å²) in [5.41, 5.74) is 10.9. The monoisotopic (exact) mass is 1170 g/mol. The van der Waals surface area contributed by atoms with Crippen LogP contribution in [0.2, 0.25) is 0 Å². The van der Waals surface area contributed by atoms with Crippen LogP contribution in [-0.4, -0.2) is 35.2 Å². The van der Waals surface area contributed by atoms with Crippen LogP contribution in [-0.2, 0) is 0 Å². The van der Waals surface area contributed by atoms with Crippen LogP contribution in [0.15, 0.2) is 344 Å². The Labute approximate surface area is 517 Å². The molecular weight excluding hydrogens is 1110 g/mol. The van der Waals surface area contributed by atoms with Crippen molar-refractivity contribution in [3.8, 4) is 34.2 Å². The Morgan fingerprint density at radius 3 is 1.26 bits per heavy atom. The molecule has 17 rings (SSSR count). The summed E-state index contributed by atoms with van der Waals surface area (Å²) < 4.78 is 11.3. The first kappa shape index (κ1) is 52.1. The van der Waals surface area contributed by atoms with E-state index < -0.39 is 16.1 Å². The van der Waals surface area contributed by atoms with Crippen LogP contribution >= 0.6 is 0 Å². The minimum atomic E-state index is -2.99. The third kappa shape index (κ3) is 8.27. The second-order valence-corrected chi connectivity index (χ2v) is 30.8. The molecule has 0 atom stereocenters. The molecule has 0 bridgehead atoms. The molecule has 0 unspecified atom stereocenters. The summed E-state index contributed by atoms with van der Waals surface area (Å²) in [5.74, 6) is 0.602. The smallest absolute Gasteiger partial charge is 0.235 e. The van der Waals surface area contributed by atoms with E-state index in [9.17, 15) is 0 Å². The minimum Gasteiger partial charge on any atom is -0.456 e. The van der Waals surface area contributed by atoms with Gasteiger partial charge in [-0.2, -0.15) is 0 Å². The lowest BCUT2D eigenvalue weighted by atomic mass is 10.1. The van der Waals surface area contributed by atoms with E-state index in [1.807, 2.05) is 6.07 Å². The van der Waals surface area contributed by atoms with Crippen LogP contribution in [0.25, 0.3) is 99.7 Å². The van der Waals surface area contributed by atoms with E-state index in [1.165, 1.54) is 41.5 Å². The summed E-state index contributed by atoms with van der Waals surface area (Å²) in [7, 11) is -5.87. The molecule has 13 aromatic carbocycles. The highest BCUT2D eigenvalue weighted by atomic mass is 28.3. The third-order valence-electron chi connectivity index (χ3n) is 18.4. The van der Waals surface area contributed by atoms with Crippen LogP contribution in [0.3, 0.4) is 0 Å². The molecule has 0 aliphatic heterocycles. The lowest BCUT2D eigenvalue weighted by Gasteiger charge is -2.34. The quantitative estimate of drug-likeness (QED) is 0.0905. The Kier molecular flexibility index (Phi) is 12.5. The highest BCUT2D eigenvalue weighted by molar-refractivity contribution is 7.20. The molecule has 418 valence electrons. The van der Waals surface area contributed by atoms with Gasteiger partial charge in [0.2, 0.25) is 5.95 Å². The molecule has 0 N–H and O–H groups in total. The number of para-hydroxylation sites is 3. The van der Waals surface area contributed by atoms with E-state index in [0.29, 0.717) is 5.95 Å². The lowest BCUT2D eigenvalue weighted by molar-refractivity contribution is 0.669. The number of benzene rings is 13. The van der Waals surface area contributed by atoms with Crippen molar-refractivity contribution < 1.29 is 4.42 Å². The fourth-order valence-corrected chi connectivity index (χ4v) is 24.1. The highest BCUT2D eigenvalue weighted by Crippen LogP contribution is 2.42. The molecule has 0 saturated heterocycles. The first-order valence-corrected chi connectivity index (χ1v) is 34.5.